The van der Waals surface area contributed by atoms with E-state index >= 15 is 0 Å². The van der Waals surface area contributed by atoms with Gasteiger partial charge in [-0.15, -0.1) is 0 Å². The van der Waals surface area contributed by atoms with Crippen molar-refractivity contribution in [3.05, 3.63) is 29.6 Å². The summed E-state index contributed by atoms with van der Waals surface area (Å²) in [7, 11) is -2.13. The predicted octanol–water partition coefficient (Wildman–Crippen LogP) is 1.37. The molecule has 5 nitrogen and oxygen atoms in total. The first-order chi connectivity index (χ1) is 9.66. The van der Waals surface area contributed by atoms with Crippen LogP contribution in [0.15, 0.2) is 28.8 Å². The third-order valence-corrected chi connectivity index (χ3v) is 5.30. The van der Waals surface area contributed by atoms with Crippen molar-refractivity contribution < 1.29 is 21.6 Å². The highest BCUT2D eigenvalue weighted by molar-refractivity contribution is 7.89. The van der Waals surface area contributed by atoms with Gasteiger partial charge in [-0.3, -0.25) is 0 Å². The minimum absolute atomic E-state index is 0.0503. The Kier molecular flexibility index (Phi) is 4.18. The van der Waals surface area contributed by atoms with E-state index in [0.29, 0.717) is 5.69 Å². The van der Waals surface area contributed by atoms with Gasteiger partial charge in [0.05, 0.1) is 0 Å². The van der Waals surface area contributed by atoms with Gasteiger partial charge in [-0.1, -0.05) is 6.08 Å². The molecule has 0 amide bonds. The van der Waals surface area contributed by atoms with Crippen molar-refractivity contribution in [2.45, 2.75) is 24.0 Å². The van der Waals surface area contributed by atoms with E-state index in [-0.39, 0.29) is 31.0 Å². The number of rotatable bonds is 3. The Hall–Kier alpha value is -1.32. The van der Waals surface area contributed by atoms with Crippen molar-refractivity contribution in [3.63, 3.8) is 0 Å². The summed E-state index contributed by atoms with van der Waals surface area (Å²) in [6, 6.07) is 1.44. The van der Waals surface area contributed by atoms with Crippen LogP contribution in [0.1, 0.15) is 12.1 Å². The van der Waals surface area contributed by atoms with Crippen LogP contribution in [0.4, 0.5) is 13.2 Å². The van der Waals surface area contributed by atoms with Gasteiger partial charge in [0, 0.05) is 44.1 Å². The summed E-state index contributed by atoms with van der Waals surface area (Å²) in [5, 5.41) is 0. The van der Waals surface area contributed by atoms with Crippen molar-refractivity contribution in [3.8, 4) is 0 Å². The van der Waals surface area contributed by atoms with E-state index in [1.165, 1.54) is 12.3 Å². The highest BCUT2D eigenvalue weighted by atomic mass is 32.2. The highest BCUT2D eigenvalue weighted by Gasteiger charge is 2.37. The molecule has 21 heavy (non-hydrogen) atoms. The van der Waals surface area contributed by atoms with E-state index in [1.54, 1.807) is 11.6 Å². The van der Waals surface area contributed by atoms with Gasteiger partial charge in [-0.05, 0) is 12.5 Å². The molecule has 0 fully saturated rings. The summed E-state index contributed by atoms with van der Waals surface area (Å²) in [5.74, 6) is 0. The number of nitrogens with two attached hydrogens (primary N) is 1. The first kappa shape index (κ1) is 16.1. The number of hydrogen-bond acceptors (Lipinski definition) is 3. The maximum absolute atomic E-state index is 12.5. The van der Waals surface area contributed by atoms with Gasteiger partial charge in [0.1, 0.15) is 4.90 Å². The SMILES string of the molecule is Cn1cc(S(=O)(=O)N2CC=C(C(F)(F)F)CC2)cc1CN. The van der Waals surface area contributed by atoms with Gasteiger partial charge >= 0.3 is 6.18 Å². The lowest BCUT2D eigenvalue weighted by Gasteiger charge is -2.26. The minimum Gasteiger partial charge on any atom is -0.352 e. The molecular formula is C12H16F3N3O2S. The first-order valence-electron chi connectivity index (χ1n) is 6.28. The van der Waals surface area contributed by atoms with Crippen LogP contribution in [0, 0.1) is 0 Å². The smallest absolute Gasteiger partial charge is 0.352 e. The topological polar surface area (TPSA) is 68.3 Å². The van der Waals surface area contributed by atoms with Crippen molar-refractivity contribution >= 4 is 10.0 Å². The molecule has 0 bridgehead atoms. The van der Waals surface area contributed by atoms with Gasteiger partial charge in [-0.25, -0.2) is 8.42 Å². The van der Waals surface area contributed by atoms with Crippen molar-refractivity contribution in [2.24, 2.45) is 12.8 Å². The Bertz CT molecular complexity index is 662. The second-order valence-electron chi connectivity index (χ2n) is 4.82. The van der Waals surface area contributed by atoms with E-state index < -0.39 is 21.8 Å². The number of hydrogen-bond donors (Lipinski definition) is 1. The van der Waals surface area contributed by atoms with Crippen LogP contribution in [0.3, 0.4) is 0 Å². The lowest BCUT2D eigenvalue weighted by atomic mass is 10.1. The zero-order chi connectivity index (χ0) is 15.8. The van der Waals surface area contributed by atoms with Gasteiger partial charge < -0.3 is 10.3 Å². The fourth-order valence-corrected chi connectivity index (χ4v) is 3.67. The summed E-state index contributed by atoms with van der Waals surface area (Å²) in [6.45, 7) is -0.269. The van der Waals surface area contributed by atoms with Crippen molar-refractivity contribution in [2.75, 3.05) is 13.1 Å². The van der Waals surface area contributed by atoms with Gasteiger partial charge in [0.25, 0.3) is 0 Å². The van der Waals surface area contributed by atoms with Crippen molar-refractivity contribution in [1.29, 1.82) is 0 Å². The standard InChI is InChI=1S/C12H16F3N3O2S/c1-17-8-11(6-10(17)7-16)21(19,20)18-4-2-9(3-5-18)12(13,14)15/h2,6,8H,3-5,7,16H2,1H3. The molecule has 0 saturated heterocycles. The molecular weight excluding hydrogens is 307 g/mol. The fraction of sp³-hybridized carbons (Fsp3) is 0.500. The van der Waals surface area contributed by atoms with Gasteiger partial charge in [0.15, 0.2) is 0 Å². The van der Waals surface area contributed by atoms with Crippen LogP contribution in [0.2, 0.25) is 0 Å². The summed E-state index contributed by atoms with van der Waals surface area (Å²) >= 11 is 0. The van der Waals surface area contributed by atoms with Crippen LogP contribution in [0.25, 0.3) is 0 Å². The largest absolute Gasteiger partial charge is 0.412 e. The fourth-order valence-electron chi connectivity index (χ4n) is 2.20. The Labute approximate surface area is 120 Å². The van der Waals surface area contributed by atoms with Gasteiger partial charge in [0.2, 0.25) is 10.0 Å². The average Bonchev–Trinajstić information content (AvgIpc) is 2.80. The summed E-state index contributed by atoms with van der Waals surface area (Å²) < 4.78 is 65.0. The number of aryl methyl sites for hydroxylation is 1. The van der Waals surface area contributed by atoms with Crippen LogP contribution in [-0.4, -0.2) is 36.6 Å². The Morgan fingerprint density at radius 1 is 1.38 bits per heavy atom. The van der Waals surface area contributed by atoms with Gasteiger partial charge in [-0.2, -0.15) is 17.5 Å². The van der Waals surface area contributed by atoms with E-state index in [2.05, 4.69) is 0 Å². The third-order valence-electron chi connectivity index (χ3n) is 3.47. The molecule has 118 valence electrons. The van der Waals surface area contributed by atoms with E-state index in [4.69, 9.17) is 5.73 Å². The average molecular weight is 323 g/mol. The number of halogens is 3. The maximum Gasteiger partial charge on any atom is 0.412 e. The first-order valence-corrected chi connectivity index (χ1v) is 7.72. The summed E-state index contributed by atoms with van der Waals surface area (Å²) in [5.41, 5.74) is 5.45. The van der Waals surface area contributed by atoms with Crippen LogP contribution < -0.4 is 5.73 Å². The molecule has 2 N–H and O–H groups in total. The highest BCUT2D eigenvalue weighted by Crippen LogP contribution is 2.31. The zero-order valence-electron chi connectivity index (χ0n) is 11.4. The minimum atomic E-state index is -4.39. The molecule has 1 aromatic heterocycles. The van der Waals surface area contributed by atoms with Crippen molar-refractivity contribution in [1.82, 2.24) is 8.87 Å². The lowest BCUT2D eigenvalue weighted by Crippen LogP contribution is -2.36. The Balaban J connectivity index is 2.24. The molecule has 0 saturated carbocycles. The number of sulfonamides is 1. The van der Waals surface area contributed by atoms with Crippen LogP contribution in [-0.2, 0) is 23.6 Å². The third kappa shape index (κ3) is 3.14. The van der Waals surface area contributed by atoms with E-state index in [0.717, 1.165) is 10.4 Å². The maximum atomic E-state index is 12.5. The molecule has 0 atom stereocenters. The molecule has 1 aliphatic heterocycles. The molecule has 0 radical (unpaired) electrons. The molecule has 0 unspecified atom stereocenters. The Morgan fingerprint density at radius 2 is 2.05 bits per heavy atom. The lowest BCUT2D eigenvalue weighted by molar-refractivity contribution is -0.0953. The molecule has 0 aliphatic carbocycles. The zero-order valence-corrected chi connectivity index (χ0v) is 12.2. The van der Waals surface area contributed by atoms with Crippen LogP contribution in [0.5, 0.6) is 0 Å². The monoisotopic (exact) mass is 323 g/mol. The molecule has 9 heteroatoms. The molecule has 0 spiro atoms. The summed E-state index contributed by atoms with van der Waals surface area (Å²) in [4.78, 5) is 0.0503. The molecule has 1 aliphatic rings. The quantitative estimate of drug-likeness (QED) is 0.854. The number of alkyl halides is 3. The predicted molar refractivity (Wildman–Crippen MR) is 70.8 cm³/mol. The number of nitrogens with zero attached hydrogens (tertiary/aromatic N) is 2. The van der Waals surface area contributed by atoms with E-state index in [9.17, 15) is 21.6 Å². The molecule has 2 rings (SSSR count). The second kappa shape index (κ2) is 5.47. The number of aromatic nitrogens is 1. The molecule has 1 aromatic rings. The normalized spacial score (nSPS) is 17.9. The molecule has 2 heterocycles. The summed E-state index contributed by atoms with van der Waals surface area (Å²) in [6.07, 6.45) is -2.39. The van der Waals surface area contributed by atoms with Crippen LogP contribution >= 0.6 is 0 Å². The second-order valence-corrected chi connectivity index (χ2v) is 6.76. The van der Waals surface area contributed by atoms with E-state index in [1.807, 2.05) is 0 Å². The molecule has 0 aromatic carbocycles. The Morgan fingerprint density at radius 3 is 2.48 bits per heavy atom.